The minimum absolute atomic E-state index is 0.0797. The Bertz CT molecular complexity index is 725. The minimum Gasteiger partial charge on any atom is -0.493 e. The summed E-state index contributed by atoms with van der Waals surface area (Å²) < 4.78 is 5.69. The third-order valence-electron chi connectivity index (χ3n) is 4.85. The number of rotatable bonds is 5. The second-order valence-electron chi connectivity index (χ2n) is 7.14. The fraction of sp³-hybridized carbons (Fsp3) is 0.381. The van der Waals surface area contributed by atoms with Crippen molar-refractivity contribution in [3.05, 3.63) is 65.7 Å². The molecule has 25 heavy (non-hydrogen) atoms. The molecule has 1 unspecified atom stereocenters. The summed E-state index contributed by atoms with van der Waals surface area (Å²) in [5, 5.41) is 3.35. The summed E-state index contributed by atoms with van der Waals surface area (Å²) in [4.78, 5) is 4.54. The predicted molar refractivity (Wildman–Crippen MR) is 103 cm³/mol. The lowest BCUT2D eigenvalue weighted by Gasteiger charge is -2.27. The molecule has 1 aliphatic rings. The lowest BCUT2D eigenvalue weighted by molar-refractivity contribution is 0.262. The topological polar surface area (TPSA) is 59.6 Å². The van der Waals surface area contributed by atoms with Crippen molar-refractivity contribution in [1.82, 2.24) is 5.32 Å². The van der Waals surface area contributed by atoms with Gasteiger partial charge in [0.1, 0.15) is 5.75 Å². The highest BCUT2D eigenvalue weighted by Crippen LogP contribution is 2.31. The van der Waals surface area contributed by atoms with Gasteiger partial charge in [-0.3, -0.25) is 4.99 Å². The van der Waals surface area contributed by atoms with Crippen molar-refractivity contribution in [2.75, 3.05) is 13.2 Å². The van der Waals surface area contributed by atoms with Gasteiger partial charge < -0.3 is 15.8 Å². The van der Waals surface area contributed by atoms with Gasteiger partial charge >= 0.3 is 0 Å². The molecule has 0 amide bonds. The number of nitrogens with zero attached hydrogens (tertiary/aromatic N) is 1. The molecular formula is C21H27N3O. The van der Waals surface area contributed by atoms with Crippen LogP contribution >= 0.6 is 0 Å². The van der Waals surface area contributed by atoms with E-state index in [1.807, 2.05) is 24.3 Å². The second-order valence-corrected chi connectivity index (χ2v) is 7.14. The van der Waals surface area contributed by atoms with Crippen molar-refractivity contribution >= 4 is 5.96 Å². The van der Waals surface area contributed by atoms with Crippen LogP contribution in [0.25, 0.3) is 0 Å². The number of guanidine groups is 1. The molecule has 0 saturated heterocycles. The number of aliphatic imine (C=N–C) groups is 1. The average Bonchev–Trinajstić information content (AvgIpc) is 2.63. The number of hydrogen-bond donors (Lipinski definition) is 2. The third kappa shape index (κ3) is 4.32. The maximum absolute atomic E-state index is 6.13. The highest BCUT2D eigenvalue weighted by Gasteiger charge is 2.22. The summed E-state index contributed by atoms with van der Waals surface area (Å²) in [6, 6.07) is 18.8. The fourth-order valence-electron chi connectivity index (χ4n) is 3.21. The minimum atomic E-state index is 0.0797. The zero-order valence-corrected chi connectivity index (χ0v) is 15.0. The van der Waals surface area contributed by atoms with E-state index < -0.39 is 0 Å². The molecule has 0 radical (unpaired) electrons. The van der Waals surface area contributed by atoms with Crippen LogP contribution in [0.5, 0.6) is 5.75 Å². The van der Waals surface area contributed by atoms with Gasteiger partial charge in [-0.05, 0) is 23.5 Å². The molecular weight excluding hydrogens is 310 g/mol. The van der Waals surface area contributed by atoms with Gasteiger partial charge in [0.05, 0.1) is 12.6 Å². The fourth-order valence-corrected chi connectivity index (χ4v) is 3.21. The molecule has 2 aromatic carbocycles. The van der Waals surface area contributed by atoms with E-state index in [1.165, 1.54) is 5.56 Å². The van der Waals surface area contributed by atoms with Crippen LogP contribution in [-0.2, 0) is 5.41 Å². The lowest BCUT2D eigenvalue weighted by Crippen LogP contribution is -2.37. The molecule has 0 aromatic heterocycles. The standard InChI is InChI=1S/C21H27N3O/c1-21(2,16-8-4-3-5-9-16)13-14-23-20(22)24-18-12-15-25-19-11-7-6-10-17(18)19/h3-11,18H,12-15H2,1-2H3,(H3,22,23,24). The highest BCUT2D eigenvalue weighted by molar-refractivity contribution is 5.78. The summed E-state index contributed by atoms with van der Waals surface area (Å²) in [7, 11) is 0. The van der Waals surface area contributed by atoms with Gasteiger partial charge in [-0.25, -0.2) is 0 Å². The van der Waals surface area contributed by atoms with E-state index >= 15 is 0 Å². The van der Waals surface area contributed by atoms with Gasteiger partial charge in [0, 0.05) is 18.5 Å². The van der Waals surface area contributed by atoms with Crippen molar-refractivity contribution < 1.29 is 4.74 Å². The van der Waals surface area contributed by atoms with E-state index in [0.717, 1.165) is 24.2 Å². The van der Waals surface area contributed by atoms with E-state index in [9.17, 15) is 0 Å². The quantitative estimate of drug-likeness (QED) is 0.645. The van der Waals surface area contributed by atoms with Gasteiger partial charge in [0.25, 0.3) is 0 Å². The van der Waals surface area contributed by atoms with Crippen LogP contribution in [0.15, 0.2) is 59.6 Å². The first-order valence-corrected chi connectivity index (χ1v) is 8.90. The van der Waals surface area contributed by atoms with E-state index in [1.54, 1.807) is 0 Å². The van der Waals surface area contributed by atoms with Crippen molar-refractivity contribution in [2.24, 2.45) is 10.7 Å². The molecule has 0 fully saturated rings. The van der Waals surface area contributed by atoms with Crippen LogP contribution in [0, 0.1) is 0 Å². The Hall–Kier alpha value is -2.49. The van der Waals surface area contributed by atoms with Crippen LogP contribution in [0.2, 0.25) is 0 Å². The molecule has 0 bridgehead atoms. The number of para-hydroxylation sites is 1. The molecule has 3 N–H and O–H groups in total. The van der Waals surface area contributed by atoms with Crippen LogP contribution in [0.3, 0.4) is 0 Å². The molecule has 4 nitrogen and oxygen atoms in total. The molecule has 1 atom stereocenters. The number of hydrogen-bond acceptors (Lipinski definition) is 2. The van der Waals surface area contributed by atoms with Crippen molar-refractivity contribution in [3.8, 4) is 5.75 Å². The van der Waals surface area contributed by atoms with Crippen molar-refractivity contribution in [1.29, 1.82) is 0 Å². The molecule has 0 aliphatic carbocycles. The number of ether oxygens (including phenoxy) is 1. The predicted octanol–water partition coefficient (Wildman–Crippen LogP) is 3.78. The van der Waals surface area contributed by atoms with Gasteiger partial charge in [-0.15, -0.1) is 0 Å². The Morgan fingerprint density at radius 2 is 1.88 bits per heavy atom. The van der Waals surface area contributed by atoms with Crippen LogP contribution in [0.4, 0.5) is 0 Å². The van der Waals surface area contributed by atoms with E-state index in [2.05, 4.69) is 54.5 Å². The van der Waals surface area contributed by atoms with Crippen LogP contribution in [-0.4, -0.2) is 19.1 Å². The van der Waals surface area contributed by atoms with E-state index in [0.29, 0.717) is 19.1 Å². The molecule has 1 aliphatic heterocycles. The maximum atomic E-state index is 6.13. The Kier molecular flexibility index (Phi) is 5.27. The molecule has 0 spiro atoms. The number of benzene rings is 2. The van der Waals surface area contributed by atoms with Crippen molar-refractivity contribution in [2.45, 2.75) is 38.1 Å². The Labute approximate surface area is 150 Å². The smallest absolute Gasteiger partial charge is 0.189 e. The number of nitrogens with one attached hydrogen (secondary N) is 1. The molecule has 1 heterocycles. The van der Waals surface area contributed by atoms with Crippen molar-refractivity contribution in [3.63, 3.8) is 0 Å². The molecule has 132 valence electrons. The number of fused-ring (bicyclic) bond motifs is 1. The summed E-state index contributed by atoms with van der Waals surface area (Å²) in [5.74, 6) is 1.44. The second kappa shape index (κ2) is 7.60. The summed E-state index contributed by atoms with van der Waals surface area (Å²) >= 11 is 0. The Morgan fingerprint density at radius 3 is 2.68 bits per heavy atom. The van der Waals surface area contributed by atoms with Gasteiger partial charge in [0.2, 0.25) is 0 Å². The first kappa shape index (κ1) is 17.3. The summed E-state index contributed by atoms with van der Waals surface area (Å²) in [6.45, 7) is 5.89. The monoisotopic (exact) mass is 337 g/mol. The average molecular weight is 337 g/mol. The zero-order chi connectivity index (χ0) is 17.7. The zero-order valence-electron chi connectivity index (χ0n) is 15.0. The Balaban J connectivity index is 1.58. The molecule has 2 aromatic rings. The molecule has 4 heteroatoms. The van der Waals surface area contributed by atoms with Crippen LogP contribution in [0.1, 0.15) is 43.9 Å². The molecule has 3 rings (SSSR count). The molecule has 0 saturated carbocycles. The first-order chi connectivity index (χ1) is 12.1. The van der Waals surface area contributed by atoms with E-state index in [4.69, 9.17) is 10.5 Å². The normalized spacial score (nSPS) is 17.5. The summed E-state index contributed by atoms with van der Waals surface area (Å²) in [5.41, 5.74) is 8.69. The SMILES string of the molecule is CC(C)(CCN=C(N)NC1CCOc2ccccc21)c1ccccc1. The third-order valence-corrected chi connectivity index (χ3v) is 4.85. The van der Waals surface area contributed by atoms with Crippen LogP contribution < -0.4 is 15.8 Å². The highest BCUT2D eigenvalue weighted by atomic mass is 16.5. The lowest BCUT2D eigenvalue weighted by atomic mass is 9.82. The van der Waals surface area contributed by atoms with E-state index in [-0.39, 0.29) is 11.5 Å². The van der Waals surface area contributed by atoms with Gasteiger partial charge in [-0.2, -0.15) is 0 Å². The number of nitrogens with two attached hydrogens (primary N) is 1. The Morgan fingerprint density at radius 1 is 1.16 bits per heavy atom. The van der Waals surface area contributed by atoms with Gasteiger partial charge in [-0.1, -0.05) is 62.4 Å². The largest absolute Gasteiger partial charge is 0.493 e. The summed E-state index contributed by atoms with van der Waals surface area (Å²) in [6.07, 6.45) is 1.84. The van der Waals surface area contributed by atoms with Gasteiger partial charge in [0.15, 0.2) is 5.96 Å². The first-order valence-electron chi connectivity index (χ1n) is 8.90. The maximum Gasteiger partial charge on any atom is 0.189 e.